The molecule has 6 heteroatoms. The van der Waals surface area contributed by atoms with Crippen molar-refractivity contribution < 1.29 is 4.79 Å². The molecule has 0 aliphatic carbocycles. The summed E-state index contributed by atoms with van der Waals surface area (Å²) >= 11 is 9.38. The number of anilines is 1. The highest BCUT2D eigenvalue weighted by molar-refractivity contribution is 9.09. The third-order valence-corrected chi connectivity index (χ3v) is 4.32. The van der Waals surface area contributed by atoms with E-state index in [0.717, 1.165) is 16.2 Å². The molecule has 0 N–H and O–H groups in total. The second-order valence-corrected chi connectivity index (χ2v) is 5.55. The molecular formula is C13H11BrClN3O. The predicted molar refractivity (Wildman–Crippen MR) is 78.8 cm³/mol. The summed E-state index contributed by atoms with van der Waals surface area (Å²) in [5.74, 6) is 1.02. The average Bonchev–Trinajstić information content (AvgIpc) is 2.79. The molecule has 1 fully saturated rings. The number of alkyl halides is 1. The summed E-state index contributed by atoms with van der Waals surface area (Å²) in [6.45, 7) is 0.668. The minimum atomic E-state index is 0.0874. The van der Waals surface area contributed by atoms with Crippen LogP contribution in [0.25, 0.3) is 10.9 Å². The van der Waals surface area contributed by atoms with Crippen LogP contribution in [0.3, 0.4) is 0 Å². The smallest absolute Gasteiger partial charge is 0.228 e. The van der Waals surface area contributed by atoms with Crippen molar-refractivity contribution in [3.63, 3.8) is 0 Å². The molecule has 4 nitrogen and oxygen atoms in total. The van der Waals surface area contributed by atoms with Crippen molar-refractivity contribution >= 4 is 50.2 Å². The van der Waals surface area contributed by atoms with Gasteiger partial charge in [0.05, 0.1) is 5.52 Å². The van der Waals surface area contributed by atoms with Gasteiger partial charge in [-0.1, -0.05) is 28.1 Å². The number of benzene rings is 1. The van der Waals surface area contributed by atoms with E-state index in [0.29, 0.717) is 24.7 Å². The molecule has 2 aromatic rings. The lowest BCUT2D eigenvalue weighted by atomic mass is 10.2. The molecule has 0 saturated carbocycles. The molecule has 98 valence electrons. The second kappa shape index (κ2) is 5.06. The molecule has 2 heterocycles. The zero-order valence-corrected chi connectivity index (χ0v) is 12.4. The Kier molecular flexibility index (Phi) is 3.41. The Bertz CT molecular complexity index is 649. The van der Waals surface area contributed by atoms with Gasteiger partial charge in [-0.2, -0.15) is 4.98 Å². The first-order chi connectivity index (χ1) is 9.19. The molecule has 1 aromatic heterocycles. The number of para-hydroxylation sites is 1. The normalized spacial score (nSPS) is 19.4. The van der Waals surface area contributed by atoms with E-state index >= 15 is 0 Å². The van der Waals surface area contributed by atoms with Gasteiger partial charge in [-0.15, -0.1) is 0 Å². The maximum absolute atomic E-state index is 12.1. The average molecular weight is 341 g/mol. The van der Waals surface area contributed by atoms with Gasteiger partial charge in [0.2, 0.25) is 11.2 Å². The maximum Gasteiger partial charge on any atom is 0.228 e. The Hall–Kier alpha value is -1.20. The molecular weight excluding hydrogens is 330 g/mol. The van der Waals surface area contributed by atoms with E-state index in [2.05, 4.69) is 25.9 Å². The van der Waals surface area contributed by atoms with E-state index in [1.54, 1.807) is 4.90 Å². The lowest BCUT2D eigenvalue weighted by molar-refractivity contribution is -0.117. The van der Waals surface area contributed by atoms with Crippen molar-refractivity contribution in [2.45, 2.75) is 6.42 Å². The summed E-state index contributed by atoms with van der Waals surface area (Å²) in [7, 11) is 0. The van der Waals surface area contributed by atoms with E-state index in [4.69, 9.17) is 11.6 Å². The molecule has 1 aromatic carbocycles. The van der Waals surface area contributed by atoms with Crippen LogP contribution >= 0.6 is 27.5 Å². The number of carbonyl (C=O) groups is 1. The van der Waals surface area contributed by atoms with Crippen molar-refractivity contribution in [2.24, 2.45) is 5.92 Å². The zero-order chi connectivity index (χ0) is 13.4. The first kappa shape index (κ1) is 12.8. The fourth-order valence-corrected chi connectivity index (χ4v) is 2.93. The maximum atomic E-state index is 12.1. The molecule has 19 heavy (non-hydrogen) atoms. The van der Waals surface area contributed by atoms with Gasteiger partial charge in [0.15, 0.2) is 0 Å². The second-order valence-electron chi connectivity index (χ2n) is 4.56. The van der Waals surface area contributed by atoms with Gasteiger partial charge in [0, 0.05) is 23.7 Å². The first-order valence-corrected chi connectivity index (χ1v) is 7.47. The van der Waals surface area contributed by atoms with Crippen molar-refractivity contribution in [3.05, 3.63) is 29.5 Å². The van der Waals surface area contributed by atoms with Gasteiger partial charge in [-0.3, -0.25) is 9.69 Å². The molecule has 1 saturated heterocycles. The van der Waals surface area contributed by atoms with Gasteiger partial charge in [0.1, 0.15) is 5.82 Å². The number of carbonyl (C=O) groups excluding carboxylic acids is 1. The molecule has 1 atom stereocenters. The summed E-state index contributed by atoms with van der Waals surface area (Å²) in [6, 6.07) is 7.58. The Labute approximate surface area is 123 Å². The van der Waals surface area contributed by atoms with Gasteiger partial charge in [-0.25, -0.2) is 4.98 Å². The van der Waals surface area contributed by atoms with Crippen molar-refractivity contribution in [3.8, 4) is 0 Å². The molecule has 1 unspecified atom stereocenters. The van der Waals surface area contributed by atoms with Gasteiger partial charge in [0.25, 0.3) is 0 Å². The third-order valence-electron chi connectivity index (χ3n) is 3.23. The number of nitrogens with zero attached hydrogens (tertiary/aromatic N) is 3. The third kappa shape index (κ3) is 2.32. The minimum absolute atomic E-state index is 0.0874. The van der Waals surface area contributed by atoms with Gasteiger partial charge in [-0.05, 0) is 29.7 Å². The fraction of sp³-hybridized carbons (Fsp3) is 0.308. The van der Waals surface area contributed by atoms with Crippen molar-refractivity contribution in [1.82, 2.24) is 9.97 Å². The van der Waals surface area contributed by atoms with Crippen LogP contribution in [0.5, 0.6) is 0 Å². The zero-order valence-electron chi connectivity index (χ0n) is 10.0. The molecule has 1 aliphatic heterocycles. The molecule has 1 amide bonds. The lowest BCUT2D eigenvalue weighted by Gasteiger charge is -2.17. The van der Waals surface area contributed by atoms with Crippen LogP contribution in [0.4, 0.5) is 5.82 Å². The standard InChI is InChI=1S/C13H11BrClN3O/c14-6-8-5-11(19)18(7-8)12-9-3-1-2-4-10(9)16-13(15)17-12/h1-4,8H,5-7H2. The molecule has 1 aliphatic rings. The van der Waals surface area contributed by atoms with E-state index in [-0.39, 0.29) is 11.2 Å². The van der Waals surface area contributed by atoms with E-state index in [9.17, 15) is 4.79 Å². The van der Waals surface area contributed by atoms with Crippen molar-refractivity contribution in [1.29, 1.82) is 0 Å². The summed E-state index contributed by atoms with van der Waals surface area (Å²) in [4.78, 5) is 22.2. The molecule has 3 rings (SSSR count). The summed E-state index contributed by atoms with van der Waals surface area (Å²) in [5, 5.41) is 1.84. The molecule has 0 spiro atoms. The number of amides is 1. The van der Waals surface area contributed by atoms with E-state index in [1.807, 2.05) is 24.3 Å². The number of hydrogen-bond acceptors (Lipinski definition) is 3. The van der Waals surface area contributed by atoms with Crippen LogP contribution in [-0.2, 0) is 4.79 Å². The molecule has 0 bridgehead atoms. The number of fused-ring (bicyclic) bond motifs is 1. The number of rotatable bonds is 2. The summed E-state index contributed by atoms with van der Waals surface area (Å²) in [5.41, 5.74) is 0.757. The van der Waals surface area contributed by atoms with Crippen LogP contribution in [0.15, 0.2) is 24.3 Å². The summed E-state index contributed by atoms with van der Waals surface area (Å²) in [6.07, 6.45) is 0.543. The predicted octanol–water partition coefficient (Wildman–Crippen LogP) is 3.03. The van der Waals surface area contributed by atoms with Crippen LogP contribution in [0.2, 0.25) is 5.28 Å². The topological polar surface area (TPSA) is 46.1 Å². The molecule has 0 radical (unpaired) electrons. The Morgan fingerprint density at radius 2 is 2.16 bits per heavy atom. The van der Waals surface area contributed by atoms with Crippen LogP contribution < -0.4 is 4.90 Å². The highest BCUT2D eigenvalue weighted by Crippen LogP contribution is 2.30. The van der Waals surface area contributed by atoms with Crippen LogP contribution in [-0.4, -0.2) is 27.7 Å². The fourth-order valence-electron chi connectivity index (χ4n) is 2.33. The van der Waals surface area contributed by atoms with E-state index < -0.39 is 0 Å². The number of halogens is 2. The van der Waals surface area contributed by atoms with E-state index in [1.165, 1.54) is 0 Å². The van der Waals surface area contributed by atoms with Gasteiger partial charge >= 0.3 is 0 Å². The Balaban J connectivity index is 2.12. The lowest BCUT2D eigenvalue weighted by Crippen LogP contribution is -2.26. The monoisotopic (exact) mass is 339 g/mol. The van der Waals surface area contributed by atoms with Crippen molar-refractivity contribution in [2.75, 3.05) is 16.8 Å². The Morgan fingerprint density at radius 3 is 2.89 bits per heavy atom. The highest BCUT2D eigenvalue weighted by atomic mass is 79.9. The number of hydrogen-bond donors (Lipinski definition) is 0. The quantitative estimate of drug-likeness (QED) is 0.623. The summed E-state index contributed by atoms with van der Waals surface area (Å²) < 4.78 is 0. The largest absolute Gasteiger partial charge is 0.296 e. The van der Waals surface area contributed by atoms with Crippen LogP contribution in [0.1, 0.15) is 6.42 Å². The first-order valence-electron chi connectivity index (χ1n) is 5.97. The van der Waals surface area contributed by atoms with Crippen LogP contribution in [0, 0.1) is 5.92 Å². The number of aromatic nitrogens is 2. The minimum Gasteiger partial charge on any atom is -0.296 e. The van der Waals surface area contributed by atoms with Gasteiger partial charge < -0.3 is 0 Å². The Morgan fingerprint density at radius 1 is 1.37 bits per heavy atom. The SMILES string of the molecule is O=C1CC(CBr)CN1c1nc(Cl)nc2ccccc12. The highest BCUT2D eigenvalue weighted by Gasteiger charge is 2.31.